The van der Waals surface area contributed by atoms with E-state index in [1.54, 1.807) is 124 Å². The van der Waals surface area contributed by atoms with Crippen LogP contribution in [0.2, 0.25) is 0 Å². The van der Waals surface area contributed by atoms with Gasteiger partial charge in [-0.3, -0.25) is 19.9 Å². The molecular formula is C34H32N8O4. The molecule has 0 unspecified atom stereocenters. The van der Waals surface area contributed by atoms with Gasteiger partial charge >= 0.3 is 0 Å². The SMILES string of the molecule is Cc1c(O)cccc1O.Cc1c(O)cccc1O.c1cc(N=Nc2ccncc2)ccn1.c1cc(N=Nc2ccncc2)ccn1. The number of pyridine rings is 4. The third-order valence-electron chi connectivity index (χ3n) is 5.77. The second kappa shape index (κ2) is 18.9. The van der Waals surface area contributed by atoms with Crippen LogP contribution in [0.15, 0.2) is 155 Å². The van der Waals surface area contributed by atoms with E-state index in [1.807, 2.05) is 0 Å². The van der Waals surface area contributed by atoms with Gasteiger partial charge in [0.2, 0.25) is 0 Å². The number of nitrogens with zero attached hydrogens (tertiary/aromatic N) is 8. The zero-order valence-electron chi connectivity index (χ0n) is 25.1. The summed E-state index contributed by atoms with van der Waals surface area (Å²) in [4.78, 5) is 15.6. The zero-order chi connectivity index (χ0) is 33.0. The summed E-state index contributed by atoms with van der Waals surface area (Å²) < 4.78 is 0. The first kappa shape index (κ1) is 33.9. The van der Waals surface area contributed by atoms with E-state index >= 15 is 0 Å². The van der Waals surface area contributed by atoms with Crippen LogP contribution >= 0.6 is 0 Å². The smallest absolute Gasteiger partial charge is 0.122 e. The van der Waals surface area contributed by atoms with Gasteiger partial charge in [-0.05, 0) is 86.6 Å². The summed E-state index contributed by atoms with van der Waals surface area (Å²) in [5.41, 5.74) is 4.21. The summed E-state index contributed by atoms with van der Waals surface area (Å²) in [5, 5.41) is 51.9. The lowest BCUT2D eigenvalue weighted by molar-refractivity contribution is 0.442. The third-order valence-corrected chi connectivity index (χ3v) is 5.77. The lowest BCUT2D eigenvalue weighted by atomic mass is 10.2. The normalized spacial score (nSPS) is 10.1. The van der Waals surface area contributed by atoms with Crippen molar-refractivity contribution in [2.45, 2.75) is 13.8 Å². The molecule has 0 aliphatic heterocycles. The lowest BCUT2D eigenvalue weighted by Crippen LogP contribution is -1.73. The molecule has 0 aliphatic carbocycles. The summed E-state index contributed by atoms with van der Waals surface area (Å²) in [6, 6.07) is 23.7. The van der Waals surface area contributed by atoms with Crippen LogP contribution in [0.5, 0.6) is 23.0 Å². The van der Waals surface area contributed by atoms with Crippen LogP contribution in [0.3, 0.4) is 0 Å². The van der Waals surface area contributed by atoms with Crippen molar-refractivity contribution in [3.8, 4) is 23.0 Å². The van der Waals surface area contributed by atoms with E-state index in [0.717, 1.165) is 22.7 Å². The molecule has 0 bridgehead atoms. The molecule has 0 amide bonds. The number of azo groups is 2. The number of rotatable bonds is 4. The quantitative estimate of drug-likeness (QED) is 0.142. The fourth-order valence-electron chi connectivity index (χ4n) is 3.10. The van der Waals surface area contributed by atoms with E-state index in [1.165, 1.54) is 24.3 Å². The predicted molar refractivity (Wildman–Crippen MR) is 174 cm³/mol. The van der Waals surface area contributed by atoms with Gasteiger partial charge in [-0.15, -0.1) is 0 Å². The fourth-order valence-corrected chi connectivity index (χ4v) is 3.10. The molecule has 0 radical (unpaired) electrons. The summed E-state index contributed by atoms with van der Waals surface area (Å²) in [6.45, 7) is 3.31. The number of hydrogen-bond acceptors (Lipinski definition) is 12. The van der Waals surface area contributed by atoms with E-state index in [0.29, 0.717) is 11.1 Å². The molecule has 0 saturated carbocycles. The number of phenols is 4. The van der Waals surface area contributed by atoms with E-state index in [2.05, 4.69) is 40.4 Å². The van der Waals surface area contributed by atoms with Gasteiger partial charge in [-0.1, -0.05) is 12.1 Å². The standard InChI is InChI=1S/2C10H8N4.2C7H8O2/c2*1-5-11-6-2-9(1)13-14-10-3-7-12-8-4-10;2*1-5-6(8)3-2-4-7(5)9/h2*1-8H;2*2-4,8-9H,1H3. The first-order valence-electron chi connectivity index (χ1n) is 13.7. The molecule has 0 spiro atoms. The van der Waals surface area contributed by atoms with Crippen molar-refractivity contribution in [3.05, 3.63) is 146 Å². The van der Waals surface area contributed by atoms with Gasteiger partial charge in [0.1, 0.15) is 23.0 Å². The Kier molecular flexibility index (Phi) is 13.9. The molecule has 6 rings (SSSR count). The van der Waals surface area contributed by atoms with Gasteiger partial charge in [0.15, 0.2) is 0 Å². The van der Waals surface area contributed by atoms with Crippen molar-refractivity contribution in [1.29, 1.82) is 0 Å². The number of phenolic OH excluding ortho intramolecular Hbond substituents is 4. The lowest BCUT2D eigenvalue weighted by Gasteiger charge is -1.98. The largest absolute Gasteiger partial charge is 0.508 e. The maximum Gasteiger partial charge on any atom is 0.122 e. The highest BCUT2D eigenvalue weighted by Gasteiger charge is 1.98. The van der Waals surface area contributed by atoms with Crippen LogP contribution in [-0.4, -0.2) is 40.4 Å². The van der Waals surface area contributed by atoms with Crippen LogP contribution in [0.4, 0.5) is 22.7 Å². The maximum atomic E-state index is 8.94. The number of hydrogen-bond donors (Lipinski definition) is 4. The van der Waals surface area contributed by atoms with Crippen LogP contribution in [0.1, 0.15) is 11.1 Å². The van der Waals surface area contributed by atoms with Crippen LogP contribution in [0.25, 0.3) is 0 Å². The molecule has 0 atom stereocenters. The molecule has 6 aromatic rings. The van der Waals surface area contributed by atoms with Crippen molar-refractivity contribution in [1.82, 2.24) is 19.9 Å². The molecule has 0 saturated heterocycles. The highest BCUT2D eigenvalue weighted by molar-refractivity contribution is 5.42. The molecule has 232 valence electrons. The molecule has 4 aromatic heterocycles. The molecule has 46 heavy (non-hydrogen) atoms. The van der Waals surface area contributed by atoms with Gasteiger partial charge in [0, 0.05) is 60.7 Å². The summed E-state index contributed by atoms with van der Waals surface area (Å²) in [6.07, 6.45) is 13.5. The molecule has 2 aromatic carbocycles. The molecular weight excluding hydrogens is 584 g/mol. The summed E-state index contributed by atoms with van der Waals surface area (Å²) >= 11 is 0. The molecule has 0 aliphatic rings. The number of aromatic nitrogens is 4. The Morgan fingerprint density at radius 3 is 0.717 bits per heavy atom. The Hall–Kier alpha value is -6.56. The minimum atomic E-state index is 0.134. The first-order valence-corrected chi connectivity index (χ1v) is 13.7. The Morgan fingerprint density at radius 1 is 0.348 bits per heavy atom. The van der Waals surface area contributed by atoms with Crippen molar-refractivity contribution in [3.63, 3.8) is 0 Å². The average Bonchev–Trinajstić information content (AvgIpc) is 3.10. The van der Waals surface area contributed by atoms with Crippen molar-refractivity contribution in [2.24, 2.45) is 20.5 Å². The minimum absolute atomic E-state index is 0.134. The minimum Gasteiger partial charge on any atom is -0.508 e. The number of benzene rings is 2. The van der Waals surface area contributed by atoms with Gasteiger partial charge in [-0.25, -0.2) is 0 Å². The molecule has 12 heteroatoms. The van der Waals surface area contributed by atoms with Gasteiger partial charge in [0.05, 0.1) is 22.7 Å². The molecule has 0 fully saturated rings. The maximum absolute atomic E-state index is 8.94. The van der Waals surface area contributed by atoms with Gasteiger partial charge in [0.25, 0.3) is 0 Å². The Balaban J connectivity index is 0.000000171. The Bertz CT molecular complexity index is 1540. The monoisotopic (exact) mass is 616 g/mol. The van der Waals surface area contributed by atoms with Crippen LogP contribution in [-0.2, 0) is 0 Å². The van der Waals surface area contributed by atoms with E-state index in [-0.39, 0.29) is 23.0 Å². The second-order valence-electron chi connectivity index (χ2n) is 9.06. The average molecular weight is 617 g/mol. The van der Waals surface area contributed by atoms with Crippen molar-refractivity contribution in [2.75, 3.05) is 0 Å². The topological polar surface area (TPSA) is 182 Å². The molecule has 12 nitrogen and oxygen atoms in total. The van der Waals surface area contributed by atoms with Crippen LogP contribution in [0, 0.1) is 13.8 Å². The van der Waals surface area contributed by atoms with Crippen molar-refractivity contribution >= 4 is 22.7 Å². The number of aromatic hydroxyl groups is 4. The van der Waals surface area contributed by atoms with Gasteiger partial charge < -0.3 is 20.4 Å². The van der Waals surface area contributed by atoms with Crippen molar-refractivity contribution < 1.29 is 20.4 Å². The van der Waals surface area contributed by atoms with Crippen LogP contribution < -0.4 is 0 Å². The zero-order valence-corrected chi connectivity index (χ0v) is 25.1. The Labute approximate surface area is 265 Å². The molecule has 4 N–H and O–H groups in total. The van der Waals surface area contributed by atoms with Gasteiger partial charge in [-0.2, -0.15) is 20.5 Å². The van der Waals surface area contributed by atoms with E-state index < -0.39 is 0 Å². The predicted octanol–water partition coefficient (Wildman–Crippen LogP) is 8.60. The fraction of sp³-hybridized carbons (Fsp3) is 0.0588. The Morgan fingerprint density at radius 2 is 0.543 bits per heavy atom. The van der Waals surface area contributed by atoms with E-state index in [9.17, 15) is 0 Å². The molecule has 4 heterocycles. The highest BCUT2D eigenvalue weighted by Crippen LogP contribution is 2.24. The third kappa shape index (κ3) is 12.4. The summed E-state index contributed by atoms with van der Waals surface area (Å²) in [7, 11) is 0. The summed E-state index contributed by atoms with van der Waals surface area (Å²) in [5.74, 6) is 0.537. The highest BCUT2D eigenvalue weighted by atomic mass is 16.3. The first-order chi connectivity index (χ1) is 22.3. The second-order valence-corrected chi connectivity index (χ2v) is 9.06. The van der Waals surface area contributed by atoms with E-state index in [4.69, 9.17) is 20.4 Å².